The number of aromatic nitrogens is 2. The van der Waals surface area contributed by atoms with E-state index >= 15 is 0 Å². The highest BCUT2D eigenvalue weighted by Gasteiger charge is 2.16. The van der Waals surface area contributed by atoms with Crippen molar-refractivity contribution in [2.24, 2.45) is 0 Å². The van der Waals surface area contributed by atoms with E-state index in [1.54, 1.807) is 0 Å². The molecule has 5 heteroatoms. The first kappa shape index (κ1) is 15.6. The summed E-state index contributed by atoms with van der Waals surface area (Å²) in [6, 6.07) is 18.1. The summed E-state index contributed by atoms with van der Waals surface area (Å²) in [5.74, 6) is 0.634. The Balaban J connectivity index is 1.70. The molecule has 5 nitrogen and oxygen atoms in total. The van der Waals surface area contributed by atoms with Gasteiger partial charge in [-0.1, -0.05) is 42.5 Å². The molecular formula is C20H19N3O2. The van der Waals surface area contributed by atoms with Crippen LogP contribution in [0.3, 0.4) is 0 Å². The third kappa shape index (κ3) is 2.83. The first-order chi connectivity index (χ1) is 12.1. The van der Waals surface area contributed by atoms with Gasteiger partial charge in [0.15, 0.2) is 0 Å². The van der Waals surface area contributed by atoms with Crippen LogP contribution in [0.5, 0.6) is 0 Å². The summed E-state index contributed by atoms with van der Waals surface area (Å²) in [4.78, 5) is 22.0. The van der Waals surface area contributed by atoms with Crippen LogP contribution in [0.2, 0.25) is 0 Å². The van der Waals surface area contributed by atoms with E-state index in [0.29, 0.717) is 23.5 Å². The van der Waals surface area contributed by atoms with E-state index in [2.05, 4.69) is 33.9 Å². The summed E-state index contributed by atoms with van der Waals surface area (Å²) >= 11 is 0. The molecule has 2 heterocycles. The maximum Gasteiger partial charge on any atom is 0.294 e. The van der Waals surface area contributed by atoms with Crippen LogP contribution in [0.15, 0.2) is 63.8 Å². The van der Waals surface area contributed by atoms with Gasteiger partial charge in [0.2, 0.25) is 5.58 Å². The molecule has 0 saturated heterocycles. The second kappa shape index (κ2) is 6.18. The normalized spacial score (nSPS) is 12.9. The summed E-state index contributed by atoms with van der Waals surface area (Å²) in [5.41, 5.74) is 2.57. The van der Waals surface area contributed by atoms with E-state index in [9.17, 15) is 4.79 Å². The Morgan fingerprint density at radius 3 is 2.64 bits per heavy atom. The van der Waals surface area contributed by atoms with Gasteiger partial charge in [-0.2, -0.15) is 0 Å². The number of benzene rings is 2. The second-order valence-corrected chi connectivity index (χ2v) is 6.29. The molecule has 0 radical (unpaired) electrons. The zero-order valence-electron chi connectivity index (χ0n) is 14.2. The fourth-order valence-corrected chi connectivity index (χ4v) is 3.08. The summed E-state index contributed by atoms with van der Waals surface area (Å²) in [7, 11) is 2.02. The highest BCUT2D eigenvalue weighted by Crippen LogP contribution is 2.25. The predicted molar refractivity (Wildman–Crippen MR) is 98.5 cm³/mol. The maximum absolute atomic E-state index is 12.4. The van der Waals surface area contributed by atoms with Gasteiger partial charge < -0.3 is 9.40 Å². The molecule has 2 aromatic heterocycles. The molecule has 0 aliphatic heterocycles. The van der Waals surface area contributed by atoms with Gasteiger partial charge in [-0.25, -0.2) is 4.98 Å². The van der Waals surface area contributed by atoms with Crippen molar-refractivity contribution in [3.63, 3.8) is 0 Å². The van der Waals surface area contributed by atoms with Gasteiger partial charge in [0.25, 0.3) is 5.56 Å². The molecule has 1 N–H and O–H groups in total. The van der Waals surface area contributed by atoms with E-state index in [4.69, 9.17) is 4.42 Å². The van der Waals surface area contributed by atoms with Gasteiger partial charge in [-0.3, -0.25) is 9.69 Å². The molecule has 0 aliphatic carbocycles. The Hall–Kier alpha value is -2.92. The van der Waals surface area contributed by atoms with Crippen molar-refractivity contribution < 1.29 is 4.42 Å². The minimum atomic E-state index is -0.239. The van der Waals surface area contributed by atoms with Crippen molar-refractivity contribution in [3.05, 3.63) is 76.3 Å². The zero-order chi connectivity index (χ0) is 17.4. The summed E-state index contributed by atoms with van der Waals surface area (Å²) in [6.07, 6.45) is 0. The zero-order valence-corrected chi connectivity index (χ0v) is 14.2. The first-order valence-corrected chi connectivity index (χ1v) is 8.29. The number of aromatic amines is 1. The molecule has 2 aromatic carbocycles. The fourth-order valence-electron chi connectivity index (χ4n) is 3.08. The molecule has 0 amide bonds. The lowest BCUT2D eigenvalue weighted by Crippen LogP contribution is -2.24. The molecule has 25 heavy (non-hydrogen) atoms. The summed E-state index contributed by atoms with van der Waals surface area (Å²) in [5, 5.41) is 0.864. The van der Waals surface area contributed by atoms with Crippen LogP contribution >= 0.6 is 0 Å². The summed E-state index contributed by atoms with van der Waals surface area (Å²) < 4.78 is 5.64. The van der Waals surface area contributed by atoms with Crippen LogP contribution in [-0.4, -0.2) is 21.9 Å². The predicted octanol–water partition coefficient (Wildman–Crippen LogP) is 3.86. The monoisotopic (exact) mass is 333 g/mol. The number of hydrogen-bond donors (Lipinski definition) is 1. The maximum atomic E-state index is 12.4. The first-order valence-electron chi connectivity index (χ1n) is 8.29. The van der Waals surface area contributed by atoms with Crippen molar-refractivity contribution in [1.29, 1.82) is 0 Å². The molecule has 4 aromatic rings. The van der Waals surface area contributed by atoms with Crippen LogP contribution in [0.25, 0.3) is 22.1 Å². The van der Waals surface area contributed by atoms with Gasteiger partial charge in [-0.15, -0.1) is 0 Å². The Bertz CT molecular complexity index is 1080. The van der Waals surface area contributed by atoms with E-state index < -0.39 is 0 Å². The van der Waals surface area contributed by atoms with E-state index in [1.807, 2.05) is 49.5 Å². The number of furan rings is 1. The molecule has 0 bridgehead atoms. The van der Waals surface area contributed by atoms with Gasteiger partial charge in [0.05, 0.1) is 6.54 Å². The van der Waals surface area contributed by atoms with Crippen LogP contribution in [0.4, 0.5) is 0 Å². The smallest absolute Gasteiger partial charge is 0.294 e. The van der Waals surface area contributed by atoms with Gasteiger partial charge >= 0.3 is 0 Å². The molecule has 0 unspecified atom stereocenters. The Kier molecular flexibility index (Phi) is 3.86. The number of hydrogen-bond acceptors (Lipinski definition) is 4. The topological polar surface area (TPSA) is 62.1 Å². The second-order valence-electron chi connectivity index (χ2n) is 6.29. The molecule has 1 atom stereocenters. The highest BCUT2D eigenvalue weighted by molar-refractivity contribution is 6.01. The average molecular weight is 333 g/mol. The van der Waals surface area contributed by atoms with Crippen molar-refractivity contribution >= 4 is 22.1 Å². The highest BCUT2D eigenvalue weighted by atomic mass is 16.3. The molecule has 4 rings (SSSR count). The number of H-pyrrole nitrogens is 1. The average Bonchev–Trinajstić information content (AvgIpc) is 3.01. The number of nitrogens with zero attached hydrogens (tertiary/aromatic N) is 2. The van der Waals surface area contributed by atoms with Gasteiger partial charge in [-0.05, 0) is 31.7 Å². The Morgan fingerprint density at radius 1 is 1.12 bits per heavy atom. The van der Waals surface area contributed by atoms with E-state index in [1.165, 1.54) is 5.56 Å². The van der Waals surface area contributed by atoms with Crippen molar-refractivity contribution in [3.8, 4) is 0 Å². The third-order valence-electron chi connectivity index (χ3n) is 4.62. The van der Waals surface area contributed by atoms with Gasteiger partial charge in [0, 0.05) is 11.4 Å². The molecule has 0 spiro atoms. The molecular weight excluding hydrogens is 314 g/mol. The number of nitrogens with one attached hydrogen (secondary N) is 1. The molecule has 0 fully saturated rings. The Labute approximate surface area is 144 Å². The molecule has 0 aliphatic rings. The van der Waals surface area contributed by atoms with E-state index in [0.717, 1.165) is 5.39 Å². The van der Waals surface area contributed by atoms with Crippen LogP contribution < -0.4 is 5.56 Å². The lowest BCUT2D eigenvalue weighted by atomic mass is 10.1. The fraction of sp³-hybridized carbons (Fsp3) is 0.200. The number of rotatable bonds is 4. The van der Waals surface area contributed by atoms with Crippen LogP contribution in [-0.2, 0) is 6.54 Å². The van der Waals surface area contributed by atoms with Crippen molar-refractivity contribution in [1.82, 2.24) is 14.9 Å². The SMILES string of the molecule is C[C@H](c1ccccc1)N(C)Cc1nc2c(oc3ccccc32)c(=O)[nH]1. The minimum Gasteiger partial charge on any atom is -0.449 e. The largest absolute Gasteiger partial charge is 0.449 e. The number of para-hydroxylation sites is 1. The van der Waals surface area contributed by atoms with Crippen molar-refractivity contribution in [2.45, 2.75) is 19.5 Å². The summed E-state index contributed by atoms with van der Waals surface area (Å²) in [6.45, 7) is 2.68. The van der Waals surface area contributed by atoms with Crippen LogP contribution in [0, 0.1) is 0 Å². The van der Waals surface area contributed by atoms with E-state index in [-0.39, 0.29) is 17.2 Å². The van der Waals surface area contributed by atoms with Crippen LogP contribution in [0.1, 0.15) is 24.4 Å². The minimum absolute atomic E-state index is 0.211. The lowest BCUT2D eigenvalue weighted by Gasteiger charge is -2.24. The van der Waals surface area contributed by atoms with Crippen molar-refractivity contribution in [2.75, 3.05) is 7.05 Å². The number of fused-ring (bicyclic) bond motifs is 3. The Morgan fingerprint density at radius 2 is 1.84 bits per heavy atom. The van der Waals surface area contributed by atoms with Gasteiger partial charge in [0.1, 0.15) is 16.9 Å². The molecule has 0 saturated carbocycles. The lowest BCUT2D eigenvalue weighted by molar-refractivity contribution is 0.247. The third-order valence-corrected chi connectivity index (χ3v) is 4.62. The quantitative estimate of drug-likeness (QED) is 0.616. The molecule has 126 valence electrons. The standard InChI is InChI=1S/C20H19N3O2/c1-13(14-8-4-3-5-9-14)23(2)12-17-21-18-15-10-6-7-11-16(15)25-19(18)20(24)22-17/h3-11,13H,12H2,1-2H3,(H,21,22,24)/t13-/m1/s1.